The van der Waals surface area contributed by atoms with Crippen LogP contribution in [0.1, 0.15) is 32.6 Å². The van der Waals surface area contributed by atoms with Crippen molar-refractivity contribution >= 4 is 6.03 Å². The third kappa shape index (κ3) is 1.59. The van der Waals surface area contributed by atoms with E-state index in [0.717, 1.165) is 45.4 Å². The van der Waals surface area contributed by atoms with Gasteiger partial charge in [0.2, 0.25) is 0 Å². The average molecular weight is 224 g/mol. The van der Waals surface area contributed by atoms with Gasteiger partial charge in [-0.2, -0.15) is 0 Å². The zero-order chi connectivity index (χ0) is 11.2. The van der Waals surface area contributed by atoms with Crippen LogP contribution in [0.5, 0.6) is 0 Å². The second kappa shape index (κ2) is 3.62. The van der Waals surface area contributed by atoms with E-state index in [4.69, 9.17) is 4.74 Å². The van der Waals surface area contributed by atoms with Crippen molar-refractivity contribution in [1.29, 1.82) is 0 Å². The molecule has 16 heavy (non-hydrogen) atoms. The molecule has 3 aliphatic rings. The van der Waals surface area contributed by atoms with Crippen LogP contribution in [0.3, 0.4) is 0 Å². The molecule has 0 aromatic heterocycles. The van der Waals surface area contributed by atoms with E-state index in [9.17, 15) is 4.79 Å². The maximum atomic E-state index is 12.1. The number of rotatable bonds is 1. The predicted molar refractivity (Wildman–Crippen MR) is 60.2 cm³/mol. The van der Waals surface area contributed by atoms with E-state index < -0.39 is 0 Å². The SMILES string of the molecule is C[C@@H]1C[C@H]1NC(=O)N1CCC12CCOCC2. The van der Waals surface area contributed by atoms with Gasteiger partial charge in [-0.15, -0.1) is 0 Å². The first-order valence-electron chi connectivity index (χ1n) is 6.37. The Labute approximate surface area is 96.3 Å². The summed E-state index contributed by atoms with van der Waals surface area (Å²) in [4.78, 5) is 14.1. The Morgan fingerprint density at radius 3 is 2.56 bits per heavy atom. The van der Waals surface area contributed by atoms with Crippen molar-refractivity contribution in [2.24, 2.45) is 5.92 Å². The fourth-order valence-electron chi connectivity index (χ4n) is 2.89. The van der Waals surface area contributed by atoms with Crippen LogP contribution in [0, 0.1) is 5.92 Å². The van der Waals surface area contributed by atoms with E-state index in [1.807, 2.05) is 4.90 Å². The number of nitrogens with zero attached hydrogens (tertiary/aromatic N) is 1. The largest absolute Gasteiger partial charge is 0.381 e. The maximum absolute atomic E-state index is 12.1. The highest BCUT2D eigenvalue weighted by molar-refractivity contribution is 5.77. The summed E-state index contributed by atoms with van der Waals surface area (Å²) in [5.41, 5.74) is 0.139. The van der Waals surface area contributed by atoms with Gasteiger partial charge in [-0.1, -0.05) is 6.92 Å². The summed E-state index contributed by atoms with van der Waals surface area (Å²) in [6, 6.07) is 0.590. The Hall–Kier alpha value is -0.770. The fourth-order valence-corrected chi connectivity index (χ4v) is 2.89. The highest BCUT2D eigenvalue weighted by atomic mass is 16.5. The van der Waals surface area contributed by atoms with Gasteiger partial charge in [0.25, 0.3) is 0 Å². The van der Waals surface area contributed by atoms with Crippen LogP contribution in [-0.4, -0.2) is 42.3 Å². The Balaban J connectivity index is 1.59. The minimum absolute atomic E-state index is 0.139. The molecule has 1 N–H and O–H groups in total. The van der Waals surface area contributed by atoms with Crippen molar-refractivity contribution in [1.82, 2.24) is 10.2 Å². The first kappa shape index (κ1) is 10.4. The Kier molecular flexibility index (Phi) is 2.35. The van der Waals surface area contributed by atoms with Gasteiger partial charge in [0.1, 0.15) is 0 Å². The van der Waals surface area contributed by atoms with Gasteiger partial charge in [0.05, 0.1) is 5.54 Å². The zero-order valence-electron chi connectivity index (χ0n) is 9.87. The van der Waals surface area contributed by atoms with Crippen LogP contribution >= 0.6 is 0 Å². The highest BCUT2D eigenvalue weighted by Crippen LogP contribution is 2.40. The van der Waals surface area contributed by atoms with E-state index in [1.165, 1.54) is 0 Å². The molecule has 3 rings (SSSR count). The van der Waals surface area contributed by atoms with Crippen LogP contribution in [0.15, 0.2) is 0 Å². The molecule has 4 heteroatoms. The Bertz CT molecular complexity index is 299. The van der Waals surface area contributed by atoms with Crippen LogP contribution in [0.25, 0.3) is 0 Å². The molecule has 2 aliphatic heterocycles. The smallest absolute Gasteiger partial charge is 0.318 e. The zero-order valence-corrected chi connectivity index (χ0v) is 9.87. The second-order valence-electron chi connectivity index (χ2n) is 5.51. The maximum Gasteiger partial charge on any atom is 0.318 e. The Morgan fingerprint density at radius 2 is 2.06 bits per heavy atom. The summed E-state index contributed by atoms with van der Waals surface area (Å²) in [7, 11) is 0. The number of hydrogen-bond donors (Lipinski definition) is 1. The third-order valence-electron chi connectivity index (χ3n) is 4.46. The third-order valence-corrected chi connectivity index (χ3v) is 4.46. The molecule has 1 spiro atoms. The van der Waals surface area contributed by atoms with Crippen molar-refractivity contribution in [2.45, 2.75) is 44.2 Å². The summed E-state index contributed by atoms with van der Waals surface area (Å²) >= 11 is 0. The van der Waals surface area contributed by atoms with E-state index in [1.54, 1.807) is 0 Å². The molecule has 2 atom stereocenters. The number of carbonyl (C=O) groups is 1. The molecular formula is C12H20N2O2. The van der Waals surface area contributed by atoms with Gasteiger partial charge >= 0.3 is 6.03 Å². The van der Waals surface area contributed by atoms with Gasteiger partial charge in [-0.05, 0) is 31.6 Å². The molecule has 0 radical (unpaired) electrons. The summed E-state index contributed by atoms with van der Waals surface area (Å²) in [6.07, 6.45) is 4.33. The first-order chi connectivity index (χ1) is 7.71. The molecule has 2 heterocycles. The summed E-state index contributed by atoms with van der Waals surface area (Å²) in [5, 5.41) is 3.12. The van der Waals surface area contributed by atoms with Crippen molar-refractivity contribution < 1.29 is 9.53 Å². The quantitative estimate of drug-likeness (QED) is 0.730. The first-order valence-corrected chi connectivity index (χ1v) is 6.37. The van der Waals surface area contributed by atoms with Crippen molar-refractivity contribution in [2.75, 3.05) is 19.8 Å². The number of urea groups is 1. The molecule has 4 nitrogen and oxygen atoms in total. The molecule has 2 saturated heterocycles. The van der Waals surface area contributed by atoms with Crippen LogP contribution in [0.2, 0.25) is 0 Å². The Morgan fingerprint density at radius 1 is 1.38 bits per heavy atom. The molecule has 3 fully saturated rings. The molecule has 1 aliphatic carbocycles. The van der Waals surface area contributed by atoms with Gasteiger partial charge in [0, 0.05) is 25.8 Å². The number of likely N-dealkylation sites (tertiary alicyclic amines) is 1. The van der Waals surface area contributed by atoms with Gasteiger partial charge in [-0.3, -0.25) is 0 Å². The van der Waals surface area contributed by atoms with Gasteiger partial charge in [-0.25, -0.2) is 4.79 Å². The lowest BCUT2D eigenvalue weighted by Crippen LogP contribution is -2.66. The summed E-state index contributed by atoms with van der Waals surface area (Å²) < 4.78 is 5.38. The van der Waals surface area contributed by atoms with Crippen molar-refractivity contribution in [3.05, 3.63) is 0 Å². The summed E-state index contributed by atoms with van der Waals surface area (Å²) in [5.74, 6) is 0.677. The van der Waals surface area contributed by atoms with Crippen LogP contribution in [0.4, 0.5) is 4.79 Å². The van der Waals surface area contributed by atoms with Crippen molar-refractivity contribution in [3.63, 3.8) is 0 Å². The lowest BCUT2D eigenvalue weighted by atomic mass is 9.78. The molecule has 0 unspecified atom stereocenters. The van der Waals surface area contributed by atoms with E-state index in [-0.39, 0.29) is 11.6 Å². The molecule has 0 aromatic rings. The fraction of sp³-hybridized carbons (Fsp3) is 0.917. The topological polar surface area (TPSA) is 41.6 Å². The monoisotopic (exact) mass is 224 g/mol. The van der Waals surface area contributed by atoms with E-state index >= 15 is 0 Å². The minimum atomic E-state index is 0.139. The lowest BCUT2D eigenvalue weighted by molar-refractivity contribution is -0.0629. The number of ether oxygens (including phenoxy) is 1. The molecule has 1 saturated carbocycles. The highest BCUT2D eigenvalue weighted by Gasteiger charge is 2.49. The molecule has 2 amide bonds. The molecular weight excluding hydrogens is 204 g/mol. The minimum Gasteiger partial charge on any atom is -0.381 e. The standard InChI is InChI=1S/C12H20N2O2/c1-9-8-10(9)13-11(15)14-5-2-12(14)3-6-16-7-4-12/h9-10H,2-8H2,1H3,(H,13,15)/t9-,10-/m1/s1. The molecule has 90 valence electrons. The number of amides is 2. The summed E-state index contributed by atoms with van der Waals surface area (Å²) in [6.45, 7) is 4.73. The number of carbonyl (C=O) groups excluding carboxylic acids is 1. The normalized spacial score (nSPS) is 35.7. The van der Waals surface area contributed by atoms with E-state index in [2.05, 4.69) is 12.2 Å². The number of hydrogen-bond acceptors (Lipinski definition) is 2. The lowest BCUT2D eigenvalue weighted by Gasteiger charge is -2.54. The number of nitrogens with one attached hydrogen (secondary N) is 1. The van der Waals surface area contributed by atoms with E-state index in [0.29, 0.717) is 12.0 Å². The average Bonchev–Trinajstić information content (AvgIpc) is 2.93. The predicted octanol–water partition coefficient (Wildman–Crippen LogP) is 1.36. The molecule has 0 aromatic carbocycles. The molecule has 0 bridgehead atoms. The van der Waals surface area contributed by atoms with Crippen molar-refractivity contribution in [3.8, 4) is 0 Å². The van der Waals surface area contributed by atoms with Crippen LogP contribution in [-0.2, 0) is 4.74 Å². The second-order valence-corrected chi connectivity index (χ2v) is 5.51. The van der Waals surface area contributed by atoms with Gasteiger partial charge in [0.15, 0.2) is 0 Å². The van der Waals surface area contributed by atoms with Gasteiger partial charge < -0.3 is 15.0 Å². The van der Waals surface area contributed by atoms with Crippen LogP contribution < -0.4 is 5.32 Å².